The molecule has 0 N–H and O–H groups in total. The zero-order valence-electron chi connectivity index (χ0n) is 16.1. The molecular formula is C21H23N3O3S. The molecule has 1 amide bonds. The average molecular weight is 398 g/mol. The van der Waals surface area contributed by atoms with Crippen LogP contribution in [0.5, 0.6) is 5.75 Å². The number of likely N-dealkylation sites (tertiary alicyclic amines) is 1. The first-order chi connectivity index (χ1) is 13.6. The molecule has 0 spiro atoms. The maximum atomic E-state index is 12.8. The van der Waals surface area contributed by atoms with E-state index in [1.165, 1.54) is 0 Å². The van der Waals surface area contributed by atoms with Crippen LogP contribution in [-0.4, -0.2) is 34.0 Å². The van der Waals surface area contributed by atoms with Gasteiger partial charge in [0.15, 0.2) is 0 Å². The number of carbonyl (C=O) groups is 1. The summed E-state index contributed by atoms with van der Waals surface area (Å²) in [6.45, 7) is 5.79. The van der Waals surface area contributed by atoms with Crippen molar-refractivity contribution in [1.29, 1.82) is 0 Å². The highest BCUT2D eigenvalue weighted by Crippen LogP contribution is 2.29. The Bertz CT molecular complexity index is 940. The highest BCUT2D eigenvalue weighted by atomic mass is 32.1. The Labute approximate surface area is 168 Å². The lowest BCUT2D eigenvalue weighted by atomic mass is 9.93. The largest absolute Gasteiger partial charge is 0.487 e. The maximum Gasteiger partial charge on any atom is 0.253 e. The molecule has 0 saturated carbocycles. The fourth-order valence-electron chi connectivity index (χ4n) is 3.45. The van der Waals surface area contributed by atoms with Gasteiger partial charge in [0.1, 0.15) is 18.1 Å². The second-order valence-corrected chi connectivity index (χ2v) is 8.17. The fourth-order valence-corrected chi connectivity index (χ4v) is 4.05. The minimum Gasteiger partial charge on any atom is -0.487 e. The van der Waals surface area contributed by atoms with E-state index in [4.69, 9.17) is 9.26 Å². The van der Waals surface area contributed by atoms with Gasteiger partial charge in [-0.1, -0.05) is 5.16 Å². The van der Waals surface area contributed by atoms with Crippen molar-refractivity contribution >= 4 is 17.2 Å². The summed E-state index contributed by atoms with van der Waals surface area (Å²) in [5.74, 6) is 2.08. The number of hydrogen-bond donors (Lipinski definition) is 0. The smallest absolute Gasteiger partial charge is 0.253 e. The Balaban J connectivity index is 1.31. The molecule has 1 saturated heterocycles. The minimum atomic E-state index is 0.0638. The molecule has 2 aromatic heterocycles. The number of thiazole rings is 1. The van der Waals surface area contributed by atoms with Crippen molar-refractivity contribution in [1.82, 2.24) is 15.0 Å². The molecule has 146 valence electrons. The molecule has 1 fully saturated rings. The Kier molecular flexibility index (Phi) is 5.43. The molecule has 7 heteroatoms. The Hall–Kier alpha value is -2.67. The fraction of sp³-hybridized carbons (Fsp3) is 0.381. The van der Waals surface area contributed by atoms with Gasteiger partial charge in [-0.25, -0.2) is 4.98 Å². The molecule has 6 nitrogen and oxygen atoms in total. The number of piperidine rings is 1. The van der Waals surface area contributed by atoms with Crippen LogP contribution in [0.2, 0.25) is 0 Å². The summed E-state index contributed by atoms with van der Waals surface area (Å²) < 4.78 is 11.1. The lowest BCUT2D eigenvalue weighted by molar-refractivity contribution is 0.0706. The Morgan fingerprint density at radius 1 is 1.25 bits per heavy atom. The van der Waals surface area contributed by atoms with Crippen molar-refractivity contribution in [2.24, 2.45) is 0 Å². The van der Waals surface area contributed by atoms with E-state index in [1.54, 1.807) is 11.3 Å². The minimum absolute atomic E-state index is 0.0638. The van der Waals surface area contributed by atoms with Crippen LogP contribution >= 0.6 is 11.3 Å². The van der Waals surface area contributed by atoms with Crippen molar-refractivity contribution in [2.45, 2.75) is 39.2 Å². The van der Waals surface area contributed by atoms with E-state index < -0.39 is 0 Å². The van der Waals surface area contributed by atoms with E-state index in [0.717, 1.165) is 53.8 Å². The molecule has 1 aliphatic heterocycles. The average Bonchev–Trinajstić information content (AvgIpc) is 3.34. The first kappa shape index (κ1) is 18.7. The van der Waals surface area contributed by atoms with Crippen molar-refractivity contribution < 1.29 is 14.1 Å². The number of benzene rings is 1. The lowest BCUT2D eigenvalue weighted by Crippen LogP contribution is -2.37. The predicted octanol–water partition coefficient (Wildman–Crippen LogP) is 4.35. The third kappa shape index (κ3) is 4.25. The van der Waals surface area contributed by atoms with Gasteiger partial charge in [-0.15, -0.1) is 11.3 Å². The normalized spacial score (nSPS) is 15.0. The van der Waals surface area contributed by atoms with Gasteiger partial charge in [-0.3, -0.25) is 4.79 Å². The summed E-state index contributed by atoms with van der Waals surface area (Å²) in [7, 11) is 0. The summed E-state index contributed by atoms with van der Waals surface area (Å²) in [6, 6.07) is 9.34. The highest BCUT2D eigenvalue weighted by Gasteiger charge is 2.26. The lowest BCUT2D eigenvalue weighted by Gasteiger charge is -2.31. The van der Waals surface area contributed by atoms with Gasteiger partial charge < -0.3 is 14.2 Å². The van der Waals surface area contributed by atoms with Crippen LogP contribution < -0.4 is 4.74 Å². The molecule has 1 aliphatic rings. The molecule has 0 radical (unpaired) electrons. The molecular weight excluding hydrogens is 374 g/mol. The van der Waals surface area contributed by atoms with Crippen LogP contribution in [0.1, 0.15) is 51.3 Å². The Morgan fingerprint density at radius 2 is 2.00 bits per heavy atom. The van der Waals surface area contributed by atoms with Gasteiger partial charge in [0.05, 0.1) is 16.4 Å². The van der Waals surface area contributed by atoms with Crippen LogP contribution in [0, 0.1) is 13.8 Å². The van der Waals surface area contributed by atoms with E-state index in [2.05, 4.69) is 10.1 Å². The number of ether oxygens (including phenoxy) is 1. The van der Waals surface area contributed by atoms with Gasteiger partial charge in [0.2, 0.25) is 0 Å². The molecule has 0 aliphatic carbocycles. The molecule has 1 aromatic carbocycles. The van der Waals surface area contributed by atoms with Gasteiger partial charge >= 0.3 is 0 Å². The molecule has 3 aromatic rings. The SMILES string of the molecule is Cc1cc(C2CCN(C(=O)c3ccc(OCc4csc(C)n4)cc3)CC2)on1. The number of rotatable bonds is 5. The van der Waals surface area contributed by atoms with Gasteiger partial charge in [0, 0.05) is 36.0 Å². The predicted molar refractivity (Wildman–Crippen MR) is 107 cm³/mol. The summed E-state index contributed by atoms with van der Waals surface area (Å²) in [4.78, 5) is 19.1. The van der Waals surface area contributed by atoms with Crippen LogP contribution in [0.25, 0.3) is 0 Å². The maximum absolute atomic E-state index is 12.8. The number of carbonyl (C=O) groups excluding carboxylic acids is 1. The first-order valence-corrected chi connectivity index (χ1v) is 10.3. The monoisotopic (exact) mass is 397 g/mol. The standard InChI is InChI=1S/C21H23N3O3S/c1-14-11-20(27-23-14)16-7-9-24(10-8-16)21(25)17-3-5-19(6-4-17)26-12-18-13-28-15(2)22-18/h3-6,11,13,16H,7-10,12H2,1-2H3. The molecule has 0 atom stereocenters. The third-order valence-corrected chi connectivity index (χ3v) is 5.81. The van der Waals surface area contributed by atoms with E-state index in [9.17, 15) is 4.79 Å². The van der Waals surface area contributed by atoms with E-state index in [1.807, 2.05) is 54.5 Å². The zero-order chi connectivity index (χ0) is 19.5. The van der Waals surface area contributed by atoms with E-state index >= 15 is 0 Å². The molecule has 4 rings (SSSR count). The topological polar surface area (TPSA) is 68.5 Å². The second kappa shape index (κ2) is 8.14. The highest BCUT2D eigenvalue weighted by molar-refractivity contribution is 7.09. The molecule has 0 unspecified atom stereocenters. The summed E-state index contributed by atoms with van der Waals surface area (Å²) in [5, 5.41) is 6.99. The van der Waals surface area contributed by atoms with Crippen molar-refractivity contribution in [3.8, 4) is 5.75 Å². The van der Waals surface area contributed by atoms with Crippen molar-refractivity contribution in [3.05, 3.63) is 63.4 Å². The summed E-state index contributed by atoms with van der Waals surface area (Å²) in [5.41, 5.74) is 2.51. The number of aromatic nitrogens is 2. The number of aryl methyl sites for hydroxylation is 2. The number of hydrogen-bond acceptors (Lipinski definition) is 6. The van der Waals surface area contributed by atoms with Crippen LogP contribution in [0.3, 0.4) is 0 Å². The summed E-state index contributed by atoms with van der Waals surface area (Å²) in [6.07, 6.45) is 1.79. The van der Waals surface area contributed by atoms with Crippen molar-refractivity contribution in [3.63, 3.8) is 0 Å². The van der Waals surface area contributed by atoms with Crippen LogP contribution in [-0.2, 0) is 6.61 Å². The first-order valence-electron chi connectivity index (χ1n) is 9.45. The van der Waals surface area contributed by atoms with Crippen LogP contribution in [0.15, 0.2) is 40.2 Å². The number of nitrogens with zero attached hydrogens (tertiary/aromatic N) is 3. The Morgan fingerprint density at radius 3 is 2.61 bits per heavy atom. The zero-order valence-corrected chi connectivity index (χ0v) is 16.9. The quantitative estimate of drug-likeness (QED) is 0.640. The van der Waals surface area contributed by atoms with Crippen LogP contribution in [0.4, 0.5) is 0 Å². The molecule has 28 heavy (non-hydrogen) atoms. The third-order valence-electron chi connectivity index (χ3n) is 4.99. The molecule has 3 heterocycles. The van der Waals surface area contributed by atoms with Crippen molar-refractivity contribution in [2.75, 3.05) is 13.1 Å². The van der Waals surface area contributed by atoms with Gasteiger partial charge in [-0.05, 0) is 51.0 Å². The van der Waals surface area contributed by atoms with Gasteiger partial charge in [-0.2, -0.15) is 0 Å². The summed E-state index contributed by atoms with van der Waals surface area (Å²) >= 11 is 1.61. The second-order valence-electron chi connectivity index (χ2n) is 7.11. The van der Waals surface area contributed by atoms with Gasteiger partial charge in [0.25, 0.3) is 5.91 Å². The van der Waals surface area contributed by atoms with E-state index in [0.29, 0.717) is 18.1 Å². The molecule has 0 bridgehead atoms. The van der Waals surface area contributed by atoms with E-state index in [-0.39, 0.29) is 5.91 Å². The number of amides is 1.